The number of rotatable bonds is 4. The van der Waals surface area contributed by atoms with E-state index in [1.54, 1.807) is 18.2 Å². The highest BCUT2D eigenvalue weighted by molar-refractivity contribution is 9.10. The van der Waals surface area contributed by atoms with Crippen LogP contribution in [0.4, 0.5) is 0 Å². The summed E-state index contributed by atoms with van der Waals surface area (Å²) < 4.78 is 0.826. The predicted octanol–water partition coefficient (Wildman–Crippen LogP) is 1.56. The largest absolute Gasteiger partial charge is 0.481 e. The van der Waals surface area contributed by atoms with Crippen LogP contribution in [0.1, 0.15) is 24.4 Å². The zero-order chi connectivity index (χ0) is 14.0. The number of nitrogens with zero attached hydrogens (tertiary/aromatic N) is 1. The van der Waals surface area contributed by atoms with Gasteiger partial charge in [-0.1, -0.05) is 28.1 Å². The third-order valence-corrected chi connectivity index (χ3v) is 3.61. The summed E-state index contributed by atoms with van der Waals surface area (Å²) in [6.07, 6.45) is -0.824. The lowest BCUT2D eigenvalue weighted by Crippen LogP contribution is -2.32. The van der Waals surface area contributed by atoms with Crippen molar-refractivity contribution in [1.29, 1.82) is 0 Å². The van der Waals surface area contributed by atoms with Crippen LogP contribution in [0.15, 0.2) is 28.7 Å². The maximum absolute atomic E-state index is 11.8. The fourth-order valence-corrected chi connectivity index (χ4v) is 2.72. The Morgan fingerprint density at radius 2 is 2.26 bits per heavy atom. The van der Waals surface area contributed by atoms with Gasteiger partial charge in [-0.2, -0.15) is 0 Å². The molecular formula is C13H14BrNO4. The zero-order valence-corrected chi connectivity index (χ0v) is 11.7. The van der Waals surface area contributed by atoms with Crippen LogP contribution in [0.5, 0.6) is 0 Å². The monoisotopic (exact) mass is 327 g/mol. The van der Waals surface area contributed by atoms with Crippen LogP contribution in [0.2, 0.25) is 0 Å². The number of β-amino-alcohol motifs (C(OH)–C–C–N with tert-alkyl or cyclic N) is 1. The second kappa shape index (κ2) is 5.71. The second-order valence-electron chi connectivity index (χ2n) is 4.57. The Kier molecular flexibility index (Phi) is 4.21. The van der Waals surface area contributed by atoms with E-state index in [0.29, 0.717) is 0 Å². The molecule has 2 N–H and O–H groups in total. The number of likely N-dealkylation sites (tertiary alicyclic amines) is 1. The van der Waals surface area contributed by atoms with Crippen LogP contribution in [0.25, 0.3) is 0 Å². The number of halogens is 1. The number of aliphatic hydroxyl groups excluding tert-OH is 1. The van der Waals surface area contributed by atoms with Gasteiger partial charge >= 0.3 is 5.97 Å². The van der Waals surface area contributed by atoms with Crippen LogP contribution in [-0.2, 0) is 9.59 Å². The van der Waals surface area contributed by atoms with Gasteiger partial charge in [0.15, 0.2) is 0 Å². The van der Waals surface area contributed by atoms with Crippen molar-refractivity contribution in [2.45, 2.75) is 25.0 Å². The molecule has 1 fully saturated rings. The Bertz CT molecular complexity index is 505. The Morgan fingerprint density at radius 3 is 2.79 bits per heavy atom. The first kappa shape index (κ1) is 14.0. The third kappa shape index (κ3) is 3.33. The molecule has 2 rings (SSSR count). The van der Waals surface area contributed by atoms with Crippen LogP contribution in [-0.4, -0.2) is 39.6 Å². The summed E-state index contributed by atoms with van der Waals surface area (Å²) in [5.41, 5.74) is 0.749. The Hall–Kier alpha value is -1.40. The molecule has 1 aliphatic heterocycles. The van der Waals surface area contributed by atoms with Crippen molar-refractivity contribution in [3.05, 3.63) is 34.3 Å². The van der Waals surface area contributed by atoms with Gasteiger partial charge in [-0.25, -0.2) is 0 Å². The molecule has 5 nitrogen and oxygen atoms in total. The van der Waals surface area contributed by atoms with Crippen LogP contribution in [0.3, 0.4) is 0 Å². The number of carbonyl (C=O) groups excluding carboxylic acids is 1. The molecule has 0 radical (unpaired) electrons. The van der Waals surface area contributed by atoms with E-state index in [1.165, 1.54) is 4.90 Å². The zero-order valence-electron chi connectivity index (χ0n) is 10.1. The van der Waals surface area contributed by atoms with Crippen molar-refractivity contribution in [2.75, 3.05) is 6.54 Å². The SMILES string of the molecule is O=C(O)CC(c1cccc(Br)c1)N1CC(O)CC1=O. The van der Waals surface area contributed by atoms with Gasteiger partial charge in [0.05, 0.1) is 25.0 Å². The summed E-state index contributed by atoms with van der Waals surface area (Å²) in [6.45, 7) is 0.184. The average molecular weight is 328 g/mol. The minimum Gasteiger partial charge on any atom is -0.481 e. The van der Waals surface area contributed by atoms with Gasteiger partial charge in [0, 0.05) is 11.0 Å². The highest BCUT2D eigenvalue weighted by atomic mass is 79.9. The first-order chi connectivity index (χ1) is 8.97. The van der Waals surface area contributed by atoms with Crippen molar-refractivity contribution in [1.82, 2.24) is 4.90 Å². The molecule has 0 aromatic heterocycles. The summed E-state index contributed by atoms with van der Waals surface area (Å²) in [6, 6.07) is 6.68. The molecule has 2 unspecified atom stereocenters. The molecule has 1 aliphatic rings. The van der Waals surface area contributed by atoms with E-state index in [1.807, 2.05) is 6.07 Å². The molecule has 6 heteroatoms. The number of amides is 1. The molecular weight excluding hydrogens is 314 g/mol. The molecule has 1 aromatic rings. The number of aliphatic hydroxyl groups is 1. The lowest BCUT2D eigenvalue weighted by atomic mass is 10.0. The molecule has 19 heavy (non-hydrogen) atoms. The standard InChI is InChI=1S/C13H14BrNO4/c14-9-3-1-2-8(4-9)11(6-13(18)19)15-7-10(16)5-12(15)17/h1-4,10-11,16H,5-7H2,(H,18,19). The maximum atomic E-state index is 11.8. The quantitative estimate of drug-likeness (QED) is 0.879. The van der Waals surface area contributed by atoms with Crippen molar-refractivity contribution in [2.24, 2.45) is 0 Å². The number of carboxylic acid groups (broad SMARTS) is 1. The van der Waals surface area contributed by atoms with Crippen molar-refractivity contribution >= 4 is 27.8 Å². The van der Waals surface area contributed by atoms with E-state index in [2.05, 4.69) is 15.9 Å². The summed E-state index contributed by atoms with van der Waals surface area (Å²) >= 11 is 3.33. The second-order valence-corrected chi connectivity index (χ2v) is 5.49. The normalized spacial score (nSPS) is 20.6. The summed E-state index contributed by atoms with van der Waals surface area (Å²) in [5.74, 6) is -1.18. The minimum atomic E-state index is -0.973. The molecule has 102 valence electrons. The van der Waals surface area contributed by atoms with E-state index in [9.17, 15) is 14.7 Å². The number of aliphatic carboxylic acids is 1. The molecule has 0 spiro atoms. The summed E-state index contributed by atoms with van der Waals surface area (Å²) in [4.78, 5) is 24.3. The Morgan fingerprint density at radius 1 is 1.53 bits per heavy atom. The number of carboxylic acids is 1. The van der Waals surface area contributed by atoms with Crippen molar-refractivity contribution in [3.8, 4) is 0 Å². The number of hydrogen-bond donors (Lipinski definition) is 2. The average Bonchev–Trinajstić information content (AvgIpc) is 2.65. The molecule has 1 heterocycles. The van der Waals surface area contributed by atoms with Crippen molar-refractivity contribution < 1.29 is 19.8 Å². The minimum absolute atomic E-state index is 0.0596. The van der Waals surface area contributed by atoms with E-state index in [-0.39, 0.29) is 25.3 Å². The van der Waals surface area contributed by atoms with E-state index in [4.69, 9.17) is 5.11 Å². The maximum Gasteiger partial charge on any atom is 0.305 e. The van der Waals surface area contributed by atoms with Crippen molar-refractivity contribution in [3.63, 3.8) is 0 Å². The van der Waals surface area contributed by atoms with E-state index in [0.717, 1.165) is 10.0 Å². The highest BCUT2D eigenvalue weighted by Crippen LogP contribution is 2.30. The number of hydrogen-bond acceptors (Lipinski definition) is 3. The molecule has 1 amide bonds. The lowest BCUT2D eigenvalue weighted by molar-refractivity contribution is -0.139. The Balaban J connectivity index is 2.30. The number of carbonyl (C=O) groups is 2. The van der Waals surface area contributed by atoms with Gasteiger partial charge in [0.25, 0.3) is 0 Å². The van der Waals surface area contributed by atoms with Gasteiger partial charge < -0.3 is 15.1 Å². The fourth-order valence-electron chi connectivity index (χ4n) is 2.30. The van der Waals surface area contributed by atoms with Gasteiger partial charge in [-0.3, -0.25) is 9.59 Å². The topological polar surface area (TPSA) is 77.8 Å². The number of benzene rings is 1. The van der Waals surface area contributed by atoms with Gasteiger partial charge in [-0.15, -0.1) is 0 Å². The van der Waals surface area contributed by atoms with Gasteiger partial charge in [0.1, 0.15) is 0 Å². The molecule has 0 saturated carbocycles. The molecule has 1 aromatic carbocycles. The molecule has 2 atom stereocenters. The molecule has 0 bridgehead atoms. The van der Waals surface area contributed by atoms with Gasteiger partial charge in [-0.05, 0) is 17.7 Å². The smallest absolute Gasteiger partial charge is 0.305 e. The highest BCUT2D eigenvalue weighted by Gasteiger charge is 2.35. The van der Waals surface area contributed by atoms with Crippen LogP contribution < -0.4 is 0 Å². The first-order valence-corrected chi connectivity index (χ1v) is 6.71. The Labute approximate surface area is 119 Å². The van der Waals surface area contributed by atoms with Gasteiger partial charge in [0.2, 0.25) is 5.91 Å². The summed E-state index contributed by atoms with van der Waals surface area (Å²) in [5, 5.41) is 18.6. The van der Waals surface area contributed by atoms with Crippen LogP contribution in [0, 0.1) is 0 Å². The van der Waals surface area contributed by atoms with E-state index < -0.39 is 18.1 Å². The third-order valence-electron chi connectivity index (χ3n) is 3.12. The first-order valence-electron chi connectivity index (χ1n) is 5.92. The molecule has 0 aliphatic carbocycles. The summed E-state index contributed by atoms with van der Waals surface area (Å²) in [7, 11) is 0. The molecule has 1 saturated heterocycles. The predicted molar refractivity (Wildman–Crippen MR) is 71.5 cm³/mol. The van der Waals surface area contributed by atoms with Crippen LogP contribution >= 0.6 is 15.9 Å². The fraction of sp³-hybridized carbons (Fsp3) is 0.385. The van der Waals surface area contributed by atoms with E-state index >= 15 is 0 Å². The lowest BCUT2D eigenvalue weighted by Gasteiger charge is -2.27.